The maximum atomic E-state index is 11.7. The summed E-state index contributed by atoms with van der Waals surface area (Å²) in [6, 6.07) is 0.152. The molecule has 0 unspecified atom stereocenters. The smallest absolute Gasteiger partial charge is 0.238 e. The first kappa shape index (κ1) is 13.1. The van der Waals surface area contributed by atoms with E-state index in [9.17, 15) is 4.79 Å². The lowest BCUT2D eigenvalue weighted by atomic mass is 10.3. The second-order valence-corrected chi connectivity index (χ2v) is 3.50. The Balaban J connectivity index is 4.41. The van der Waals surface area contributed by atoms with Gasteiger partial charge < -0.3 is 5.73 Å². The molecule has 1 amide bonds. The van der Waals surface area contributed by atoms with Crippen molar-refractivity contribution in [3.05, 3.63) is 12.7 Å². The van der Waals surface area contributed by atoms with Crippen LogP contribution in [0.1, 0.15) is 20.3 Å². The van der Waals surface area contributed by atoms with Gasteiger partial charge in [-0.05, 0) is 13.8 Å². The van der Waals surface area contributed by atoms with E-state index in [1.54, 1.807) is 11.1 Å². The van der Waals surface area contributed by atoms with Gasteiger partial charge in [-0.3, -0.25) is 9.80 Å². The van der Waals surface area contributed by atoms with Crippen LogP contribution in [0.3, 0.4) is 0 Å². The summed E-state index contributed by atoms with van der Waals surface area (Å²) in [5.41, 5.74) is 5.36. The van der Waals surface area contributed by atoms with Crippen LogP contribution in [-0.4, -0.2) is 42.1 Å². The van der Waals surface area contributed by atoms with Crippen molar-refractivity contribution >= 4 is 5.91 Å². The molecule has 4 heteroatoms. The average Bonchev–Trinajstić information content (AvgIpc) is 2.04. The van der Waals surface area contributed by atoms with Gasteiger partial charge in [-0.15, -0.1) is 6.58 Å². The number of carbonyl (C=O) groups excluding carboxylic acids is 1. The zero-order chi connectivity index (χ0) is 11.1. The summed E-state index contributed by atoms with van der Waals surface area (Å²) >= 11 is 0. The largest absolute Gasteiger partial charge is 0.330 e. The summed E-state index contributed by atoms with van der Waals surface area (Å²) in [5, 5.41) is 3.57. The molecule has 0 aliphatic rings. The second kappa shape index (κ2) is 6.56. The lowest BCUT2D eigenvalue weighted by molar-refractivity contribution is -0.149. The molecule has 4 nitrogen and oxygen atoms in total. The quantitative estimate of drug-likeness (QED) is 0.503. The number of nitrogens with zero attached hydrogens (tertiary/aromatic N) is 2. The fourth-order valence-corrected chi connectivity index (χ4v) is 1.39. The highest BCUT2D eigenvalue weighted by atomic mass is 16.2. The lowest BCUT2D eigenvalue weighted by Gasteiger charge is -2.34. The Morgan fingerprint density at radius 1 is 1.57 bits per heavy atom. The van der Waals surface area contributed by atoms with Crippen LogP contribution in [-0.2, 0) is 4.79 Å². The third kappa shape index (κ3) is 3.89. The molecular formula is C10H21N3O. The molecule has 0 rings (SSSR count). The van der Waals surface area contributed by atoms with Crippen LogP contribution in [0.4, 0.5) is 0 Å². The molecule has 0 atom stereocenters. The van der Waals surface area contributed by atoms with Crippen LogP contribution >= 0.6 is 0 Å². The first-order valence-electron chi connectivity index (χ1n) is 4.88. The van der Waals surface area contributed by atoms with E-state index in [1.165, 1.54) is 0 Å². The van der Waals surface area contributed by atoms with Gasteiger partial charge in [0.1, 0.15) is 0 Å². The Morgan fingerprint density at radius 2 is 2.14 bits per heavy atom. The second-order valence-electron chi connectivity index (χ2n) is 3.50. The Morgan fingerprint density at radius 3 is 2.50 bits per heavy atom. The molecule has 0 aliphatic heterocycles. The van der Waals surface area contributed by atoms with Crippen LogP contribution in [0.25, 0.3) is 0 Å². The van der Waals surface area contributed by atoms with Crippen molar-refractivity contribution in [3.8, 4) is 0 Å². The van der Waals surface area contributed by atoms with E-state index in [0.29, 0.717) is 19.5 Å². The summed E-state index contributed by atoms with van der Waals surface area (Å²) in [6.45, 7) is 8.66. The van der Waals surface area contributed by atoms with E-state index in [-0.39, 0.29) is 11.9 Å². The molecule has 0 fully saturated rings. The van der Waals surface area contributed by atoms with Crippen LogP contribution in [0.2, 0.25) is 0 Å². The minimum absolute atomic E-state index is 0.0619. The maximum absolute atomic E-state index is 11.7. The molecule has 0 aromatic carbocycles. The molecule has 0 aromatic rings. The first-order chi connectivity index (χ1) is 6.54. The topological polar surface area (TPSA) is 49.6 Å². The molecule has 0 bridgehead atoms. The lowest BCUT2D eigenvalue weighted by Crippen LogP contribution is -2.48. The predicted octanol–water partition coefficient (Wildman–Crippen LogP) is 0.605. The highest BCUT2D eigenvalue weighted by Gasteiger charge is 2.19. The molecular weight excluding hydrogens is 178 g/mol. The molecule has 0 saturated heterocycles. The Bertz CT molecular complexity index is 192. The number of nitrogens with two attached hydrogens (primary N) is 1. The summed E-state index contributed by atoms with van der Waals surface area (Å²) < 4.78 is 0. The molecule has 0 radical (unpaired) electrons. The third-order valence-corrected chi connectivity index (χ3v) is 1.86. The SMILES string of the molecule is C=CCN(C)N(C(=O)CCN)C(C)C. The van der Waals surface area contributed by atoms with E-state index in [4.69, 9.17) is 5.73 Å². The van der Waals surface area contributed by atoms with Crippen molar-refractivity contribution < 1.29 is 4.79 Å². The van der Waals surface area contributed by atoms with E-state index >= 15 is 0 Å². The maximum Gasteiger partial charge on any atom is 0.238 e. The van der Waals surface area contributed by atoms with Crippen molar-refractivity contribution in [1.82, 2.24) is 10.0 Å². The molecule has 14 heavy (non-hydrogen) atoms. The number of likely N-dealkylation sites (N-methyl/N-ethyl adjacent to an activating group) is 1. The zero-order valence-electron chi connectivity index (χ0n) is 9.36. The van der Waals surface area contributed by atoms with Crippen molar-refractivity contribution in [1.29, 1.82) is 0 Å². The molecule has 0 aliphatic carbocycles. The number of hydrogen-bond donors (Lipinski definition) is 1. The predicted molar refractivity (Wildman–Crippen MR) is 58.5 cm³/mol. The van der Waals surface area contributed by atoms with Gasteiger partial charge in [0, 0.05) is 32.6 Å². The summed E-state index contributed by atoms with van der Waals surface area (Å²) in [4.78, 5) is 11.7. The van der Waals surface area contributed by atoms with Crippen LogP contribution in [0.15, 0.2) is 12.7 Å². The van der Waals surface area contributed by atoms with Gasteiger partial charge in [0.2, 0.25) is 5.91 Å². The molecule has 82 valence electrons. The average molecular weight is 199 g/mol. The van der Waals surface area contributed by atoms with Gasteiger partial charge >= 0.3 is 0 Å². The normalized spacial score (nSPS) is 10.7. The van der Waals surface area contributed by atoms with E-state index < -0.39 is 0 Å². The Labute approximate surface area is 86.3 Å². The highest BCUT2D eigenvalue weighted by Crippen LogP contribution is 2.04. The monoisotopic (exact) mass is 199 g/mol. The van der Waals surface area contributed by atoms with Gasteiger partial charge in [0.05, 0.1) is 0 Å². The van der Waals surface area contributed by atoms with Gasteiger partial charge in [-0.1, -0.05) is 6.08 Å². The zero-order valence-corrected chi connectivity index (χ0v) is 9.36. The number of hydrazine groups is 1. The minimum Gasteiger partial charge on any atom is -0.330 e. The first-order valence-corrected chi connectivity index (χ1v) is 4.88. The van der Waals surface area contributed by atoms with Crippen LogP contribution < -0.4 is 5.73 Å². The Hall–Kier alpha value is -0.870. The van der Waals surface area contributed by atoms with Crippen LogP contribution in [0, 0.1) is 0 Å². The van der Waals surface area contributed by atoms with Gasteiger partial charge in [0.25, 0.3) is 0 Å². The van der Waals surface area contributed by atoms with E-state index in [1.807, 2.05) is 25.9 Å². The molecule has 0 heterocycles. The van der Waals surface area contributed by atoms with Crippen molar-refractivity contribution in [2.45, 2.75) is 26.3 Å². The number of carbonyl (C=O) groups is 1. The van der Waals surface area contributed by atoms with Gasteiger partial charge in [-0.25, -0.2) is 5.01 Å². The molecule has 0 spiro atoms. The molecule has 2 N–H and O–H groups in total. The summed E-state index contributed by atoms with van der Waals surface area (Å²) in [5.74, 6) is 0.0619. The number of hydrogen-bond acceptors (Lipinski definition) is 3. The van der Waals surface area contributed by atoms with Crippen LogP contribution in [0.5, 0.6) is 0 Å². The van der Waals surface area contributed by atoms with Crippen molar-refractivity contribution in [2.75, 3.05) is 20.1 Å². The summed E-state index contributed by atoms with van der Waals surface area (Å²) in [6.07, 6.45) is 2.16. The van der Waals surface area contributed by atoms with Gasteiger partial charge in [-0.2, -0.15) is 0 Å². The Kier molecular flexibility index (Phi) is 6.16. The van der Waals surface area contributed by atoms with E-state index in [2.05, 4.69) is 6.58 Å². The standard InChI is InChI=1S/C10H21N3O/c1-5-8-12(4)13(9(2)3)10(14)6-7-11/h5,9H,1,6-8,11H2,2-4H3. The molecule has 0 aromatic heterocycles. The minimum atomic E-state index is 0.0619. The molecule has 0 saturated carbocycles. The summed E-state index contributed by atoms with van der Waals surface area (Å²) in [7, 11) is 1.87. The highest BCUT2D eigenvalue weighted by molar-refractivity contribution is 5.76. The third-order valence-electron chi connectivity index (χ3n) is 1.86. The van der Waals surface area contributed by atoms with Gasteiger partial charge in [0.15, 0.2) is 0 Å². The van der Waals surface area contributed by atoms with Crippen molar-refractivity contribution in [2.24, 2.45) is 5.73 Å². The fourth-order valence-electron chi connectivity index (χ4n) is 1.39. The van der Waals surface area contributed by atoms with Crippen molar-refractivity contribution in [3.63, 3.8) is 0 Å². The number of amides is 1. The fraction of sp³-hybridized carbons (Fsp3) is 0.700. The number of rotatable bonds is 6. The van der Waals surface area contributed by atoms with E-state index in [0.717, 1.165) is 0 Å².